The summed E-state index contributed by atoms with van der Waals surface area (Å²) in [6, 6.07) is 0. The Morgan fingerprint density at radius 2 is 1.94 bits per heavy atom. The van der Waals surface area contributed by atoms with Crippen molar-refractivity contribution in [1.82, 2.24) is 0 Å². The molecule has 1 heterocycles. The maximum Gasteiger partial charge on any atom is 0.139 e. The fourth-order valence-corrected chi connectivity index (χ4v) is 3.66. The van der Waals surface area contributed by atoms with Gasteiger partial charge in [0.05, 0.1) is 5.60 Å². The van der Waals surface area contributed by atoms with E-state index >= 15 is 0 Å². The molecule has 1 aliphatic heterocycles. The fraction of sp³-hybridized carbons (Fsp3) is 0.933. The minimum Gasteiger partial charge on any atom is -0.375 e. The Hall–Kier alpha value is -0.370. The zero-order valence-corrected chi connectivity index (χ0v) is 11.3. The van der Waals surface area contributed by atoms with Gasteiger partial charge in [-0.15, -0.1) is 0 Å². The van der Waals surface area contributed by atoms with Crippen molar-refractivity contribution in [3.05, 3.63) is 0 Å². The molecular formula is C15H26O2. The predicted octanol–water partition coefficient (Wildman–Crippen LogP) is 3.73. The first-order valence-corrected chi connectivity index (χ1v) is 7.38. The lowest BCUT2D eigenvalue weighted by molar-refractivity contribution is -0.140. The Morgan fingerprint density at radius 3 is 2.53 bits per heavy atom. The number of carbonyl (C=O) groups is 1. The first-order chi connectivity index (χ1) is 8.21. The Balaban J connectivity index is 1.99. The van der Waals surface area contributed by atoms with Gasteiger partial charge in [0.1, 0.15) is 5.78 Å². The average Bonchev–Trinajstić information content (AvgIpc) is 2.78. The van der Waals surface area contributed by atoms with Crippen LogP contribution in [0.1, 0.15) is 65.2 Å². The zero-order chi connectivity index (χ0) is 12.3. The minimum atomic E-state index is 0.0879. The molecule has 2 aliphatic rings. The number of rotatable bonds is 4. The molecule has 0 aromatic heterocycles. The highest BCUT2D eigenvalue weighted by molar-refractivity contribution is 5.83. The van der Waals surface area contributed by atoms with Crippen LogP contribution in [0.5, 0.6) is 0 Å². The first-order valence-electron chi connectivity index (χ1n) is 7.38. The highest BCUT2D eigenvalue weighted by Gasteiger charge is 2.42. The Kier molecular flexibility index (Phi) is 4.24. The molecule has 1 saturated carbocycles. The van der Waals surface area contributed by atoms with Crippen molar-refractivity contribution in [2.24, 2.45) is 11.8 Å². The highest BCUT2D eigenvalue weighted by atomic mass is 16.5. The second-order valence-corrected chi connectivity index (χ2v) is 5.84. The van der Waals surface area contributed by atoms with Crippen molar-refractivity contribution in [3.8, 4) is 0 Å². The van der Waals surface area contributed by atoms with Gasteiger partial charge < -0.3 is 4.74 Å². The second-order valence-electron chi connectivity index (χ2n) is 5.84. The summed E-state index contributed by atoms with van der Waals surface area (Å²) >= 11 is 0. The zero-order valence-electron chi connectivity index (χ0n) is 11.3. The van der Waals surface area contributed by atoms with Gasteiger partial charge in [-0.2, -0.15) is 0 Å². The van der Waals surface area contributed by atoms with Gasteiger partial charge in [0.15, 0.2) is 0 Å². The molecule has 2 fully saturated rings. The summed E-state index contributed by atoms with van der Waals surface area (Å²) in [7, 11) is 0. The molecule has 0 N–H and O–H groups in total. The van der Waals surface area contributed by atoms with Crippen molar-refractivity contribution in [1.29, 1.82) is 0 Å². The molecule has 0 radical (unpaired) electrons. The van der Waals surface area contributed by atoms with E-state index in [4.69, 9.17) is 4.74 Å². The molecule has 1 aliphatic carbocycles. The molecule has 2 nitrogen and oxygen atoms in total. The Morgan fingerprint density at radius 1 is 1.29 bits per heavy atom. The van der Waals surface area contributed by atoms with Crippen LogP contribution in [-0.4, -0.2) is 18.0 Å². The van der Waals surface area contributed by atoms with Crippen LogP contribution in [0.25, 0.3) is 0 Å². The topological polar surface area (TPSA) is 26.3 Å². The van der Waals surface area contributed by atoms with Crippen molar-refractivity contribution < 1.29 is 9.53 Å². The lowest BCUT2D eigenvalue weighted by Crippen LogP contribution is -2.41. The van der Waals surface area contributed by atoms with Gasteiger partial charge in [-0.05, 0) is 38.5 Å². The quantitative estimate of drug-likeness (QED) is 0.746. The third kappa shape index (κ3) is 2.73. The summed E-state index contributed by atoms with van der Waals surface area (Å²) in [6.45, 7) is 5.07. The Labute approximate surface area is 105 Å². The number of carbonyl (C=O) groups excluding carboxylic acids is 1. The molecule has 98 valence electrons. The van der Waals surface area contributed by atoms with E-state index in [1.54, 1.807) is 0 Å². The summed E-state index contributed by atoms with van der Waals surface area (Å²) in [4.78, 5) is 12.4. The van der Waals surface area contributed by atoms with Gasteiger partial charge in [-0.1, -0.05) is 26.7 Å². The Bertz CT molecular complexity index is 262. The summed E-state index contributed by atoms with van der Waals surface area (Å²) in [5.74, 6) is 1.09. The molecule has 0 aromatic carbocycles. The van der Waals surface area contributed by atoms with Crippen LogP contribution in [0.3, 0.4) is 0 Å². The van der Waals surface area contributed by atoms with E-state index in [1.165, 1.54) is 25.7 Å². The summed E-state index contributed by atoms with van der Waals surface area (Å²) in [5.41, 5.74) is 0.0879. The van der Waals surface area contributed by atoms with Crippen LogP contribution < -0.4 is 0 Å². The number of Topliss-reactive ketones (excluding diaryl/α,β-unsaturated/α-hetero) is 1. The van der Waals surface area contributed by atoms with E-state index < -0.39 is 0 Å². The predicted molar refractivity (Wildman–Crippen MR) is 69.0 cm³/mol. The normalized spacial score (nSPS) is 27.8. The van der Waals surface area contributed by atoms with Crippen LogP contribution in [0, 0.1) is 11.8 Å². The van der Waals surface area contributed by atoms with Gasteiger partial charge in [0.25, 0.3) is 0 Å². The molecule has 1 atom stereocenters. The molecule has 2 heteroatoms. The maximum atomic E-state index is 12.4. The van der Waals surface area contributed by atoms with E-state index in [1.807, 2.05) is 0 Å². The molecule has 1 spiro atoms. The molecule has 1 saturated heterocycles. The number of ether oxygens (including phenoxy) is 1. The molecule has 2 rings (SSSR count). The monoisotopic (exact) mass is 238 g/mol. The largest absolute Gasteiger partial charge is 0.375 e. The van der Waals surface area contributed by atoms with Crippen molar-refractivity contribution in [2.45, 2.75) is 70.8 Å². The van der Waals surface area contributed by atoms with Gasteiger partial charge in [0, 0.05) is 18.4 Å². The summed E-state index contributed by atoms with van der Waals surface area (Å²) < 4.78 is 6.00. The van der Waals surface area contributed by atoms with Gasteiger partial charge in [-0.3, -0.25) is 4.79 Å². The van der Waals surface area contributed by atoms with Crippen LogP contribution in [0.4, 0.5) is 0 Å². The molecule has 0 aromatic rings. The molecule has 0 amide bonds. The minimum absolute atomic E-state index is 0.0879. The maximum absolute atomic E-state index is 12.4. The fourth-order valence-electron chi connectivity index (χ4n) is 3.66. The van der Waals surface area contributed by atoms with E-state index in [0.29, 0.717) is 5.78 Å². The van der Waals surface area contributed by atoms with Crippen molar-refractivity contribution >= 4 is 5.78 Å². The molecular weight excluding hydrogens is 212 g/mol. The number of ketones is 1. The van der Waals surface area contributed by atoms with Crippen molar-refractivity contribution in [2.75, 3.05) is 6.61 Å². The first kappa shape index (κ1) is 13.1. The van der Waals surface area contributed by atoms with E-state index in [2.05, 4.69) is 13.8 Å². The third-order valence-corrected chi connectivity index (χ3v) is 4.80. The van der Waals surface area contributed by atoms with E-state index in [-0.39, 0.29) is 17.4 Å². The number of hydrogen-bond acceptors (Lipinski definition) is 2. The van der Waals surface area contributed by atoms with E-state index in [9.17, 15) is 4.79 Å². The van der Waals surface area contributed by atoms with Crippen LogP contribution in [0.15, 0.2) is 0 Å². The summed E-state index contributed by atoms with van der Waals surface area (Å²) in [5, 5.41) is 0. The van der Waals surface area contributed by atoms with Gasteiger partial charge >= 0.3 is 0 Å². The second kappa shape index (κ2) is 5.51. The standard InChI is InChI=1S/C15H26O2/c1-3-12(4-2)14(16)13-7-10-17-15(11-13)8-5-6-9-15/h12-13H,3-11H2,1-2H3. The number of hydrogen-bond donors (Lipinski definition) is 0. The smallest absolute Gasteiger partial charge is 0.139 e. The molecule has 17 heavy (non-hydrogen) atoms. The average molecular weight is 238 g/mol. The van der Waals surface area contributed by atoms with Gasteiger partial charge in [0.2, 0.25) is 0 Å². The van der Waals surface area contributed by atoms with Gasteiger partial charge in [-0.25, -0.2) is 0 Å². The SMILES string of the molecule is CCC(CC)C(=O)C1CCOC2(CCCC2)C1. The highest BCUT2D eigenvalue weighted by Crippen LogP contribution is 2.43. The summed E-state index contributed by atoms with van der Waals surface area (Å²) in [6.07, 6.45) is 8.88. The lowest BCUT2D eigenvalue weighted by Gasteiger charge is -2.38. The van der Waals surface area contributed by atoms with Crippen molar-refractivity contribution in [3.63, 3.8) is 0 Å². The van der Waals surface area contributed by atoms with E-state index in [0.717, 1.165) is 32.3 Å². The van der Waals surface area contributed by atoms with Crippen LogP contribution in [0.2, 0.25) is 0 Å². The lowest BCUT2D eigenvalue weighted by atomic mass is 9.78. The third-order valence-electron chi connectivity index (χ3n) is 4.80. The van der Waals surface area contributed by atoms with Crippen LogP contribution >= 0.6 is 0 Å². The molecule has 0 bridgehead atoms. The van der Waals surface area contributed by atoms with Crippen LogP contribution in [-0.2, 0) is 9.53 Å². The molecule has 1 unspecified atom stereocenters.